The number of benzene rings is 2. The molecule has 31 heavy (non-hydrogen) atoms. The summed E-state index contributed by atoms with van der Waals surface area (Å²) in [7, 11) is 2.05. The number of likely N-dealkylation sites (N-methyl/N-ethyl adjacent to an activating group) is 1. The summed E-state index contributed by atoms with van der Waals surface area (Å²) in [4.78, 5) is 28.9. The van der Waals surface area contributed by atoms with Gasteiger partial charge >= 0.3 is 0 Å². The summed E-state index contributed by atoms with van der Waals surface area (Å²) >= 11 is 0. The first-order valence-electron chi connectivity index (χ1n) is 10.7. The lowest BCUT2D eigenvalue weighted by Gasteiger charge is -2.31. The molecule has 2 amide bonds. The first-order chi connectivity index (χ1) is 15.1. The molecule has 3 aromatic rings. The normalized spacial score (nSPS) is 14.7. The Kier molecular flexibility index (Phi) is 6.57. The number of aromatic nitrogens is 3. The van der Waals surface area contributed by atoms with Crippen molar-refractivity contribution in [3.05, 3.63) is 59.9 Å². The predicted octanol–water partition coefficient (Wildman–Crippen LogP) is 1.57. The Balaban J connectivity index is 1.22. The monoisotopic (exact) mass is 420 g/mol. The van der Waals surface area contributed by atoms with Gasteiger partial charge in [0, 0.05) is 39.3 Å². The Hall–Kier alpha value is -3.26. The van der Waals surface area contributed by atoms with Crippen LogP contribution in [-0.2, 0) is 17.8 Å². The highest BCUT2D eigenvalue weighted by Gasteiger charge is 2.22. The zero-order valence-corrected chi connectivity index (χ0v) is 17.8. The van der Waals surface area contributed by atoms with E-state index in [-0.39, 0.29) is 11.8 Å². The average molecular weight is 421 g/mol. The third kappa shape index (κ3) is 5.27. The van der Waals surface area contributed by atoms with Crippen molar-refractivity contribution < 1.29 is 9.59 Å². The number of fused-ring (bicyclic) bond motifs is 1. The van der Waals surface area contributed by atoms with Gasteiger partial charge in [-0.1, -0.05) is 47.7 Å². The number of rotatable bonds is 7. The van der Waals surface area contributed by atoms with Gasteiger partial charge < -0.3 is 15.1 Å². The summed E-state index contributed by atoms with van der Waals surface area (Å²) in [6.45, 7) is 4.31. The Morgan fingerprint density at radius 3 is 2.65 bits per heavy atom. The zero-order valence-electron chi connectivity index (χ0n) is 17.8. The molecular formula is C23H28N6O2. The average Bonchev–Trinajstić information content (AvgIpc) is 3.26. The minimum atomic E-state index is -0.0669. The number of aryl methyl sites for hydroxylation is 1. The van der Waals surface area contributed by atoms with E-state index >= 15 is 0 Å². The molecule has 1 saturated heterocycles. The minimum absolute atomic E-state index is 0.000812. The summed E-state index contributed by atoms with van der Waals surface area (Å²) in [6, 6.07) is 14.1. The van der Waals surface area contributed by atoms with Crippen molar-refractivity contribution in [2.45, 2.75) is 19.4 Å². The summed E-state index contributed by atoms with van der Waals surface area (Å²) in [6.07, 6.45) is 2.76. The summed E-state index contributed by atoms with van der Waals surface area (Å²) < 4.78 is 1.67. The molecule has 8 heteroatoms. The van der Waals surface area contributed by atoms with Gasteiger partial charge in [0.2, 0.25) is 5.91 Å². The van der Waals surface area contributed by atoms with Crippen LogP contribution in [0.3, 0.4) is 0 Å². The fourth-order valence-corrected chi connectivity index (χ4v) is 3.83. The maximum absolute atomic E-state index is 12.5. The van der Waals surface area contributed by atoms with Crippen LogP contribution in [0.5, 0.6) is 0 Å². The van der Waals surface area contributed by atoms with Gasteiger partial charge in [0.15, 0.2) is 5.69 Å². The van der Waals surface area contributed by atoms with Gasteiger partial charge in [-0.25, -0.2) is 0 Å². The van der Waals surface area contributed by atoms with Crippen molar-refractivity contribution >= 4 is 22.6 Å². The van der Waals surface area contributed by atoms with Crippen LogP contribution in [0.4, 0.5) is 0 Å². The number of piperazine rings is 1. The Labute approximate surface area is 181 Å². The number of nitrogens with zero attached hydrogens (tertiary/aromatic N) is 5. The van der Waals surface area contributed by atoms with Crippen LogP contribution < -0.4 is 5.32 Å². The molecule has 0 saturated carbocycles. The van der Waals surface area contributed by atoms with Crippen LogP contribution in [0.25, 0.3) is 10.8 Å². The quantitative estimate of drug-likeness (QED) is 0.587. The maximum atomic E-state index is 12.5. The molecule has 162 valence electrons. The number of hydrogen-bond donors (Lipinski definition) is 1. The van der Waals surface area contributed by atoms with Gasteiger partial charge in [0.1, 0.15) is 0 Å². The van der Waals surface area contributed by atoms with E-state index in [1.165, 1.54) is 0 Å². The Bertz CT molecular complexity index is 1050. The van der Waals surface area contributed by atoms with Gasteiger partial charge in [-0.15, -0.1) is 5.10 Å². The van der Waals surface area contributed by atoms with E-state index < -0.39 is 0 Å². The molecule has 8 nitrogen and oxygen atoms in total. The first kappa shape index (κ1) is 21.0. The molecule has 0 spiro atoms. The molecule has 1 aliphatic heterocycles. The number of amides is 2. The molecule has 0 bridgehead atoms. The third-order valence-electron chi connectivity index (χ3n) is 5.67. The van der Waals surface area contributed by atoms with E-state index in [1.54, 1.807) is 10.9 Å². The number of nitrogens with one attached hydrogen (secondary N) is 1. The number of hydrogen-bond acceptors (Lipinski definition) is 5. The molecule has 0 unspecified atom stereocenters. The third-order valence-corrected chi connectivity index (χ3v) is 5.67. The highest BCUT2D eigenvalue weighted by Crippen LogP contribution is 2.18. The molecule has 2 aromatic carbocycles. The Morgan fingerprint density at radius 2 is 1.81 bits per heavy atom. The standard InChI is InChI=1S/C23H28N6O2/c1-27-12-14-28(15-13-27)23(31)21-17-29(26-25-21)11-5-10-24-22(30)16-19-8-4-7-18-6-2-3-9-20(18)19/h2-4,6-9,17H,5,10-16H2,1H3,(H,24,30). The molecule has 1 N–H and O–H groups in total. The largest absolute Gasteiger partial charge is 0.356 e. The topological polar surface area (TPSA) is 83.4 Å². The van der Waals surface area contributed by atoms with Crippen molar-refractivity contribution in [3.63, 3.8) is 0 Å². The lowest BCUT2D eigenvalue weighted by atomic mass is 10.0. The van der Waals surface area contributed by atoms with E-state index in [0.717, 1.165) is 29.4 Å². The van der Waals surface area contributed by atoms with Crippen LogP contribution >= 0.6 is 0 Å². The second-order valence-corrected chi connectivity index (χ2v) is 7.98. The van der Waals surface area contributed by atoms with Gasteiger partial charge in [-0.05, 0) is 29.8 Å². The maximum Gasteiger partial charge on any atom is 0.276 e. The van der Waals surface area contributed by atoms with E-state index in [4.69, 9.17) is 0 Å². The predicted molar refractivity (Wildman–Crippen MR) is 119 cm³/mol. The molecule has 0 radical (unpaired) electrons. The van der Waals surface area contributed by atoms with Crippen LogP contribution in [0.1, 0.15) is 22.5 Å². The molecule has 2 heterocycles. The van der Waals surface area contributed by atoms with Crippen LogP contribution in [-0.4, -0.2) is 76.4 Å². The summed E-state index contributed by atoms with van der Waals surface area (Å²) in [5.41, 5.74) is 1.41. The minimum Gasteiger partial charge on any atom is -0.356 e. The zero-order chi connectivity index (χ0) is 21.6. The number of carbonyl (C=O) groups is 2. The van der Waals surface area contributed by atoms with Crippen molar-refractivity contribution in [1.29, 1.82) is 0 Å². The molecule has 0 aliphatic carbocycles. The molecule has 1 fully saturated rings. The fraction of sp³-hybridized carbons (Fsp3) is 0.391. The van der Waals surface area contributed by atoms with Gasteiger partial charge in [0.05, 0.1) is 12.6 Å². The second kappa shape index (κ2) is 9.70. The molecule has 1 aromatic heterocycles. The van der Waals surface area contributed by atoms with E-state index in [0.29, 0.717) is 44.7 Å². The molecule has 4 rings (SSSR count). The smallest absolute Gasteiger partial charge is 0.276 e. The van der Waals surface area contributed by atoms with Crippen LogP contribution in [0.15, 0.2) is 48.7 Å². The molecule has 1 aliphatic rings. The summed E-state index contributed by atoms with van der Waals surface area (Å²) in [5, 5.41) is 13.3. The van der Waals surface area contributed by atoms with Gasteiger partial charge in [-0.2, -0.15) is 0 Å². The highest BCUT2D eigenvalue weighted by atomic mass is 16.2. The summed E-state index contributed by atoms with van der Waals surface area (Å²) in [5.74, 6) is -0.0661. The van der Waals surface area contributed by atoms with E-state index in [1.807, 2.05) is 35.2 Å². The highest BCUT2D eigenvalue weighted by molar-refractivity contribution is 5.92. The van der Waals surface area contributed by atoms with Gasteiger partial charge in [0.25, 0.3) is 5.91 Å². The van der Waals surface area contributed by atoms with Crippen molar-refractivity contribution in [2.24, 2.45) is 0 Å². The lowest BCUT2D eigenvalue weighted by molar-refractivity contribution is -0.120. The fourth-order valence-electron chi connectivity index (χ4n) is 3.83. The second-order valence-electron chi connectivity index (χ2n) is 7.98. The first-order valence-corrected chi connectivity index (χ1v) is 10.7. The van der Waals surface area contributed by atoms with Gasteiger partial charge in [-0.3, -0.25) is 14.3 Å². The van der Waals surface area contributed by atoms with Crippen molar-refractivity contribution in [2.75, 3.05) is 39.8 Å². The van der Waals surface area contributed by atoms with Crippen molar-refractivity contribution in [1.82, 2.24) is 30.1 Å². The van der Waals surface area contributed by atoms with E-state index in [2.05, 4.69) is 39.7 Å². The van der Waals surface area contributed by atoms with Crippen LogP contribution in [0.2, 0.25) is 0 Å². The van der Waals surface area contributed by atoms with Crippen LogP contribution in [0, 0.1) is 0 Å². The number of carbonyl (C=O) groups excluding carboxylic acids is 2. The lowest BCUT2D eigenvalue weighted by Crippen LogP contribution is -2.47. The SMILES string of the molecule is CN1CCN(C(=O)c2cn(CCCNC(=O)Cc3cccc4ccccc34)nn2)CC1. The van der Waals surface area contributed by atoms with E-state index in [9.17, 15) is 9.59 Å². The Morgan fingerprint density at radius 1 is 1.03 bits per heavy atom. The van der Waals surface area contributed by atoms with Crippen molar-refractivity contribution in [3.8, 4) is 0 Å². The molecule has 0 atom stereocenters. The molecular weight excluding hydrogens is 392 g/mol.